The lowest BCUT2D eigenvalue weighted by atomic mass is 10.1. The van der Waals surface area contributed by atoms with Gasteiger partial charge in [0.25, 0.3) is 0 Å². The maximum Gasteiger partial charge on any atom is 0.225 e. The molecule has 1 amide bonds. The molecule has 0 aromatic heterocycles. The summed E-state index contributed by atoms with van der Waals surface area (Å²) in [5.41, 5.74) is 2.05. The van der Waals surface area contributed by atoms with Crippen molar-refractivity contribution in [2.45, 2.75) is 58.5 Å². The van der Waals surface area contributed by atoms with Gasteiger partial charge in [-0.05, 0) is 37.8 Å². The van der Waals surface area contributed by atoms with Crippen molar-refractivity contribution in [2.75, 3.05) is 11.9 Å². The Morgan fingerprint density at radius 1 is 1.29 bits per heavy atom. The van der Waals surface area contributed by atoms with Crippen molar-refractivity contribution in [3.63, 3.8) is 0 Å². The van der Waals surface area contributed by atoms with Crippen molar-refractivity contribution < 1.29 is 9.90 Å². The van der Waals surface area contributed by atoms with Crippen LogP contribution >= 0.6 is 0 Å². The number of aliphatic hydroxyl groups excluding tert-OH is 1. The topological polar surface area (TPSA) is 61.4 Å². The molecule has 21 heavy (non-hydrogen) atoms. The number of aliphatic hydroxyl groups is 1. The lowest BCUT2D eigenvalue weighted by molar-refractivity contribution is -0.116. The maximum atomic E-state index is 12.1. The molecule has 0 saturated heterocycles. The van der Waals surface area contributed by atoms with Crippen LogP contribution in [-0.2, 0) is 11.2 Å². The smallest absolute Gasteiger partial charge is 0.225 e. The maximum absolute atomic E-state index is 12.1. The SMILES string of the molecule is CCc1ccccc1NC(=O)CC(C)NC(CC)CCO. The molecule has 3 N–H and O–H groups in total. The number of carbonyl (C=O) groups is 1. The van der Waals surface area contributed by atoms with Crippen LogP contribution in [0.4, 0.5) is 5.69 Å². The van der Waals surface area contributed by atoms with E-state index in [4.69, 9.17) is 5.11 Å². The van der Waals surface area contributed by atoms with E-state index >= 15 is 0 Å². The Morgan fingerprint density at radius 3 is 2.62 bits per heavy atom. The lowest BCUT2D eigenvalue weighted by Crippen LogP contribution is -2.38. The molecule has 0 aliphatic rings. The molecular formula is C17H28N2O2. The molecule has 4 nitrogen and oxygen atoms in total. The van der Waals surface area contributed by atoms with Crippen LogP contribution in [0.5, 0.6) is 0 Å². The van der Waals surface area contributed by atoms with Crippen molar-refractivity contribution in [3.8, 4) is 0 Å². The Morgan fingerprint density at radius 2 is 2.00 bits per heavy atom. The number of hydrogen-bond donors (Lipinski definition) is 3. The van der Waals surface area contributed by atoms with Crippen molar-refractivity contribution in [1.29, 1.82) is 0 Å². The molecule has 0 heterocycles. The van der Waals surface area contributed by atoms with E-state index in [9.17, 15) is 4.79 Å². The van der Waals surface area contributed by atoms with Crippen LogP contribution in [0.3, 0.4) is 0 Å². The van der Waals surface area contributed by atoms with E-state index in [1.807, 2.05) is 31.2 Å². The molecule has 0 aliphatic carbocycles. The number of aryl methyl sites for hydroxylation is 1. The predicted octanol–water partition coefficient (Wildman–Crippen LogP) is 2.72. The van der Waals surface area contributed by atoms with E-state index in [1.54, 1.807) is 0 Å². The van der Waals surface area contributed by atoms with E-state index < -0.39 is 0 Å². The van der Waals surface area contributed by atoms with Gasteiger partial charge in [0.2, 0.25) is 5.91 Å². The van der Waals surface area contributed by atoms with E-state index in [0.717, 1.165) is 30.5 Å². The predicted molar refractivity (Wildman–Crippen MR) is 87.4 cm³/mol. The molecule has 4 heteroatoms. The van der Waals surface area contributed by atoms with Crippen LogP contribution in [0, 0.1) is 0 Å². The summed E-state index contributed by atoms with van der Waals surface area (Å²) in [6.07, 6.45) is 3.00. The van der Waals surface area contributed by atoms with Gasteiger partial charge in [-0.2, -0.15) is 0 Å². The molecule has 0 bridgehead atoms. The third-order valence-electron chi connectivity index (χ3n) is 3.65. The standard InChI is InChI=1S/C17H28N2O2/c1-4-14-8-6-7-9-16(14)19-17(21)12-13(3)18-15(5-2)10-11-20/h6-9,13,15,18,20H,4-5,10-12H2,1-3H3,(H,19,21). The second-order valence-electron chi connectivity index (χ2n) is 5.45. The van der Waals surface area contributed by atoms with Gasteiger partial charge in [-0.3, -0.25) is 4.79 Å². The fourth-order valence-electron chi connectivity index (χ4n) is 2.45. The molecule has 1 rings (SSSR count). The van der Waals surface area contributed by atoms with E-state index in [1.165, 1.54) is 0 Å². The fourth-order valence-corrected chi connectivity index (χ4v) is 2.45. The summed E-state index contributed by atoms with van der Waals surface area (Å²) >= 11 is 0. The number of amides is 1. The highest BCUT2D eigenvalue weighted by Gasteiger charge is 2.14. The Bertz CT molecular complexity index is 435. The first-order valence-electron chi connectivity index (χ1n) is 7.85. The third-order valence-corrected chi connectivity index (χ3v) is 3.65. The van der Waals surface area contributed by atoms with Gasteiger partial charge in [-0.25, -0.2) is 0 Å². The summed E-state index contributed by atoms with van der Waals surface area (Å²) in [6.45, 7) is 6.34. The second kappa shape index (κ2) is 9.53. The second-order valence-corrected chi connectivity index (χ2v) is 5.45. The largest absolute Gasteiger partial charge is 0.396 e. The van der Waals surface area contributed by atoms with E-state index in [-0.39, 0.29) is 24.6 Å². The number of para-hydroxylation sites is 1. The quantitative estimate of drug-likeness (QED) is 0.656. The molecule has 2 unspecified atom stereocenters. The number of rotatable bonds is 9. The van der Waals surface area contributed by atoms with Crippen LogP contribution in [0.2, 0.25) is 0 Å². The lowest BCUT2D eigenvalue weighted by Gasteiger charge is -2.21. The van der Waals surface area contributed by atoms with Gasteiger partial charge in [0.1, 0.15) is 0 Å². The van der Waals surface area contributed by atoms with Crippen LogP contribution in [-0.4, -0.2) is 29.7 Å². The van der Waals surface area contributed by atoms with Crippen LogP contribution in [0.1, 0.15) is 45.6 Å². The summed E-state index contributed by atoms with van der Waals surface area (Å²) < 4.78 is 0. The summed E-state index contributed by atoms with van der Waals surface area (Å²) in [6, 6.07) is 8.25. The Balaban J connectivity index is 2.49. The minimum atomic E-state index is 0.0229. The van der Waals surface area contributed by atoms with Gasteiger partial charge in [-0.15, -0.1) is 0 Å². The van der Waals surface area contributed by atoms with Gasteiger partial charge in [0, 0.05) is 30.8 Å². The summed E-state index contributed by atoms with van der Waals surface area (Å²) in [7, 11) is 0. The zero-order valence-electron chi connectivity index (χ0n) is 13.4. The summed E-state index contributed by atoms with van der Waals surface area (Å²) in [5.74, 6) is 0.0229. The minimum absolute atomic E-state index is 0.0229. The fraction of sp³-hybridized carbons (Fsp3) is 0.588. The number of nitrogens with one attached hydrogen (secondary N) is 2. The van der Waals surface area contributed by atoms with Crippen molar-refractivity contribution in [2.24, 2.45) is 0 Å². The Kier molecular flexibility index (Phi) is 8.01. The highest BCUT2D eigenvalue weighted by molar-refractivity contribution is 5.91. The minimum Gasteiger partial charge on any atom is -0.396 e. The average Bonchev–Trinajstić information content (AvgIpc) is 2.47. The van der Waals surface area contributed by atoms with Crippen molar-refractivity contribution >= 4 is 11.6 Å². The summed E-state index contributed by atoms with van der Waals surface area (Å²) in [4.78, 5) is 12.1. The van der Waals surface area contributed by atoms with Crippen LogP contribution in [0.15, 0.2) is 24.3 Å². The normalized spacial score (nSPS) is 13.7. The van der Waals surface area contributed by atoms with Gasteiger partial charge in [-0.1, -0.05) is 32.0 Å². The van der Waals surface area contributed by atoms with Gasteiger partial charge < -0.3 is 15.7 Å². The molecule has 2 atom stereocenters. The first kappa shape index (κ1) is 17.7. The number of carbonyl (C=O) groups excluding carboxylic acids is 1. The first-order chi connectivity index (χ1) is 10.1. The van der Waals surface area contributed by atoms with Crippen molar-refractivity contribution in [3.05, 3.63) is 29.8 Å². The number of hydrogen-bond acceptors (Lipinski definition) is 3. The first-order valence-corrected chi connectivity index (χ1v) is 7.85. The number of anilines is 1. The van der Waals surface area contributed by atoms with Gasteiger partial charge in [0.05, 0.1) is 0 Å². The average molecular weight is 292 g/mol. The summed E-state index contributed by atoms with van der Waals surface area (Å²) in [5, 5.41) is 15.4. The third kappa shape index (κ3) is 6.27. The molecule has 0 saturated carbocycles. The van der Waals surface area contributed by atoms with Gasteiger partial charge >= 0.3 is 0 Å². The van der Waals surface area contributed by atoms with Gasteiger partial charge in [0.15, 0.2) is 0 Å². The molecule has 0 aliphatic heterocycles. The zero-order valence-corrected chi connectivity index (χ0v) is 13.4. The number of benzene rings is 1. The molecule has 1 aromatic rings. The van der Waals surface area contributed by atoms with E-state index in [0.29, 0.717) is 6.42 Å². The monoisotopic (exact) mass is 292 g/mol. The Labute approximate surface area is 128 Å². The highest BCUT2D eigenvalue weighted by Crippen LogP contribution is 2.15. The molecular weight excluding hydrogens is 264 g/mol. The highest BCUT2D eigenvalue weighted by atomic mass is 16.3. The molecule has 118 valence electrons. The van der Waals surface area contributed by atoms with Crippen molar-refractivity contribution in [1.82, 2.24) is 5.32 Å². The Hall–Kier alpha value is -1.39. The zero-order chi connectivity index (χ0) is 15.7. The van der Waals surface area contributed by atoms with Crippen LogP contribution < -0.4 is 10.6 Å². The van der Waals surface area contributed by atoms with E-state index in [2.05, 4.69) is 24.5 Å². The molecule has 0 radical (unpaired) electrons. The molecule has 0 fully saturated rings. The molecule has 0 spiro atoms. The van der Waals surface area contributed by atoms with Crippen LogP contribution in [0.25, 0.3) is 0 Å². The molecule has 1 aromatic carbocycles.